The molecule has 0 spiro atoms. The first-order valence-electron chi connectivity index (χ1n) is 6.02. The molecule has 0 bridgehead atoms. The molecular weight excluding hydrogens is 198 g/mol. The van der Waals surface area contributed by atoms with Gasteiger partial charge >= 0.3 is 0 Å². The maximum absolute atomic E-state index is 6.05. The first-order chi connectivity index (χ1) is 7.48. The first kappa shape index (κ1) is 11.3. The van der Waals surface area contributed by atoms with Crippen molar-refractivity contribution in [1.29, 1.82) is 0 Å². The van der Waals surface area contributed by atoms with Gasteiger partial charge in [-0.05, 0) is 18.4 Å². The minimum Gasteiger partial charge on any atom is -0.488 e. The third kappa shape index (κ3) is 2.16. The number of rotatable bonds is 0. The van der Waals surface area contributed by atoms with Crippen LogP contribution < -0.4 is 10.1 Å². The molecule has 2 nitrogen and oxygen atoms in total. The second-order valence-corrected chi connectivity index (χ2v) is 5.58. The summed E-state index contributed by atoms with van der Waals surface area (Å²) in [5.41, 5.74) is 2.54. The molecule has 1 aromatic carbocycles. The van der Waals surface area contributed by atoms with E-state index in [1.54, 1.807) is 0 Å². The van der Waals surface area contributed by atoms with Gasteiger partial charge in [0.1, 0.15) is 5.75 Å². The number of nitrogens with one attached hydrogen (secondary N) is 1. The fourth-order valence-electron chi connectivity index (χ4n) is 2.06. The van der Waals surface area contributed by atoms with Crippen LogP contribution in [0, 0.1) is 0 Å². The van der Waals surface area contributed by atoms with Crippen LogP contribution in [0.15, 0.2) is 18.2 Å². The summed E-state index contributed by atoms with van der Waals surface area (Å²) in [6, 6.07) is 6.37. The van der Waals surface area contributed by atoms with Gasteiger partial charge in [0.25, 0.3) is 0 Å². The maximum Gasteiger partial charge on any atom is 0.146 e. The van der Waals surface area contributed by atoms with E-state index in [1.165, 1.54) is 5.56 Å². The molecule has 1 aromatic rings. The number of benzene rings is 1. The van der Waals surface area contributed by atoms with E-state index in [0.29, 0.717) is 0 Å². The van der Waals surface area contributed by atoms with Crippen molar-refractivity contribution in [2.45, 2.75) is 45.6 Å². The van der Waals surface area contributed by atoms with E-state index in [2.05, 4.69) is 51.2 Å². The average Bonchev–Trinajstić information content (AvgIpc) is 2.36. The van der Waals surface area contributed by atoms with Crippen molar-refractivity contribution in [3.05, 3.63) is 23.8 Å². The molecule has 2 heteroatoms. The van der Waals surface area contributed by atoms with E-state index in [-0.39, 0.29) is 11.5 Å². The fraction of sp³-hybridized carbons (Fsp3) is 0.571. The molecule has 0 aliphatic carbocycles. The Morgan fingerprint density at radius 1 is 1.31 bits per heavy atom. The van der Waals surface area contributed by atoms with Crippen LogP contribution in [0.25, 0.3) is 0 Å². The maximum atomic E-state index is 6.05. The largest absolute Gasteiger partial charge is 0.488 e. The van der Waals surface area contributed by atoms with Crippen LogP contribution in [0.4, 0.5) is 5.69 Å². The van der Waals surface area contributed by atoms with Crippen LogP contribution in [0.3, 0.4) is 0 Å². The summed E-state index contributed by atoms with van der Waals surface area (Å²) < 4.78 is 6.05. The molecule has 0 saturated heterocycles. The lowest BCUT2D eigenvalue weighted by Crippen LogP contribution is -2.17. The Morgan fingerprint density at radius 2 is 2.06 bits per heavy atom. The zero-order valence-electron chi connectivity index (χ0n) is 10.6. The molecule has 0 amide bonds. The van der Waals surface area contributed by atoms with Crippen LogP contribution in [0.1, 0.15) is 39.7 Å². The highest BCUT2D eigenvalue weighted by atomic mass is 16.5. The number of hydrogen-bond donors (Lipinski definition) is 1. The molecule has 0 aromatic heterocycles. The minimum absolute atomic E-state index is 0.122. The zero-order valence-corrected chi connectivity index (χ0v) is 10.6. The second-order valence-electron chi connectivity index (χ2n) is 5.58. The smallest absolute Gasteiger partial charge is 0.146 e. The zero-order chi connectivity index (χ0) is 11.8. The predicted octanol–water partition coefficient (Wildman–Crippen LogP) is 3.57. The lowest BCUT2D eigenvalue weighted by molar-refractivity contribution is 0.217. The van der Waals surface area contributed by atoms with Gasteiger partial charge in [-0.3, -0.25) is 0 Å². The van der Waals surface area contributed by atoms with E-state index in [4.69, 9.17) is 4.74 Å². The number of fused-ring (bicyclic) bond motifs is 1. The molecule has 2 rings (SSSR count). The van der Waals surface area contributed by atoms with Gasteiger partial charge in [-0.2, -0.15) is 0 Å². The van der Waals surface area contributed by atoms with Gasteiger partial charge in [0.15, 0.2) is 0 Å². The first-order valence-corrected chi connectivity index (χ1v) is 6.02. The highest BCUT2D eigenvalue weighted by Crippen LogP contribution is 2.38. The standard InChI is InChI=1S/C14H21NO/c1-10-8-9-15-12-7-5-6-11(13(12)16-10)14(2,3)4/h5-7,10,15H,8-9H2,1-4H3. The fourth-order valence-corrected chi connectivity index (χ4v) is 2.06. The van der Waals surface area contributed by atoms with Gasteiger partial charge in [-0.15, -0.1) is 0 Å². The van der Waals surface area contributed by atoms with E-state index < -0.39 is 0 Å². The summed E-state index contributed by atoms with van der Waals surface area (Å²) >= 11 is 0. The lowest BCUT2D eigenvalue weighted by Gasteiger charge is -2.25. The van der Waals surface area contributed by atoms with Crippen molar-refractivity contribution in [3.63, 3.8) is 0 Å². The summed E-state index contributed by atoms with van der Waals surface area (Å²) in [6.45, 7) is 9.79. The summed E-state index contributed by atoms with van der Waals surface area (Å²) in [5.74, 6) is 1.04. The summed E-state index contributed by atoms with van der Waals surface area (Å²) in [5, 5.41) is 3.44. The van der Waals surface area contributed by atoms with Crippen molar-refractivity contribution in [1.82, 2.24) is 0 Å². The number of ether oxygens (including phenoxy) is 1. The van der Waals surface area contributed by atoms with Gasteiger partial charge in [-0.1, -0.05) is 32.9 Å². The van der Waals surface area contributed by atoms with Crippen LogP contribution in [-0.2, 0) is 5.41 Å². The molecule has 88 valence electrons. The van der Waals surface area contributed by atoms with Crippen molar-refractivity contribution >= 4 is 5.69 Å². The molecule has 1 N–H and O–H groups in total. The van der Waals surface area contributed by atoms with Gasteiger partial charge < -0.3 is 10.1 Å². The van der Waals surface area contributed by atoms with Crippen molar-refractivity contribution in [2.75, 3.05) is 11.9 Å². The van der Waals surface area contributed by atoms with Gasteiger partial charge in [-0.25, -0.2) is 0 Å². The Labute approximate surface area is 98.0 Å². The molecule has 1 unspecified atom stereocenters. The van der Waals surface area contributed by atoms with E-state index in [0.717, 1.165) is 24.4 Å². The SMILES string of the molecule is CC1CCNc2cccc(C(C)(C)C)c2O1. The van der Waals surface area contributed by atoms with Crippen LogP contribution in [0.5, 0.6) is 5.75 Å². The van der Waals surface area contributed by atoms with E-state index in [1.807, 2.05) is 0 Å². The summed E-state index contributed by atoms with van der Waals surface area (Å²) in [7, 11) is 0. The Bertz CT molecular complexity index is 379. The Kier molecular flexibility index (Phi) is 2.83. The van der Waals surface area contributed by atoms with Gasteiger partial charge in [0.2, 0.25) is 0 Å². The Morgan fingerprint density at radius 3 is 2.75 bits per heavy atom. The topological polar surface area (TPSA) is 21.3 Å². The second kappa shape index (κ2) is 4.00. The van der Waals surface area contributed by atoms with Crippen LogP contribution in [0.2, 0.25) is 0 Å². The quantitative estimate of drug-likeness (QED) is 0.720. The van der Waals surface area contributed by atoms with Crippen molar-refractivity contribution in [2.24, 2.45) is 0 Å². The van der Waals surface area contributed by atoms with Crippen molar-refractivity contribution in [3.8, 4) is 5.75 Å². The highest BCUT2D eigenvalue weighted by molar-refractivity contribution is 5.62. The summed E-state index contributed by atoms with van der Waals surface area (Å²) in [6.07, 6.45) is 1.34. The van der Waals surface area contributed by atoms with Gasteiger partial charge in [0, 0.05) is 18.5 Å². The third-order valence-corrected chi connectivity index (χ3v) is 3.01. The number of anilines is 1. The molecule has 1 aliphatic heterocycles. The Hall–Kier alpha value is -1.18. The molecular formula is C14H21NO. The molecule has 1 aliphatic rings. The monoisotopic (exact) mass is 219 g/mol. The van der Waals surface area contributed by atoms with Crippen LogP contribution in [-0.4, -0.2) is 12.6 Å². The highest BCUT2D eigenvalue weighted by Gasteiger charge is 2.23. The predicted molar refractivity (Wildman–Crippen MR) is 68.3 cm³/mol. The molecule has 1 heterocycles. The van der Waals surface area contributed by atoms with Gasteiger partial charge in [0.05, 0.1) is 11.8 Å². The molecule has 0 radical (unpaired) electrons. The minimum atomic E-state index is 0.122. The number of hydrogen-bond acceptors (Lipinski definition) is 2. The molecule has 16 heavy (non-hydrogen) atoms. The molecule has 0 fully saturated rings. The lowest BCUT2D eigenvalue weighted by atomic mass is 9.86. The normalized spacial score (nSPS) is 20.4. The van der Waals surface area contributed by atoms with E-state index in [9.17, 15) is 0 Å². The summed E-state index contributed by atoms with van der Waals surface area (Å²) in [4.78, 5) is 0. The molecule has 1 atom stereocenters. The average molecular weight is 219 g/mol. The third-order valence-electron chi connectivity index (χ3n) is 3.01. The van der Waals surface area contributed by atoms with Crippen molar-refractivity contribution < 1.29 is 4.74 Å². The number of para-hydroxylation sites is 1. The van der Waals surface area contributed by atoms with E-state index >= 15 is 0 Å². The van der Waals surface area contributed by atoms with Crippen LogP contribution >= 0.6 is 0 Å². The molecule has 0 saturated carbocycles. The Balaban J connectivity index is 2.49.